The Kier molecular flexibility index (Phi) is 5.86. The Balaban J connectivity index is 2.08. The van der Waals surface area contributed by atoms with Crippen LogP contribution in [0.4, 0.5) is 0 Å². The zero-order chi connectivity index (χ0) is 17.7. The Morgan fingerprint density at radius 1 is 1.00 bits per heavy atom. The van der Waals surface area contributed by atoms with Crippen LogP contribution in [0.3, 0.4) is 0 Å². The number of benzene rings is 2. The van der Waals surface area contributed by atoms with E-state index >= 15 is 0 Å². The zero-order valence-corrected chi connectivity index (χ0v) is 15.0. The normalized spacial score (nSPS) is 19.6. The largest absolute Gasteiger partial charge is 0.392 e. The van der Waals surface area contributed by atoms with Gasteiger partial charge in [0, 0.05) is 26.2 Å². The van der Waals surface area contributed by atoms with Crippen molar-refractivity contribution in [2.75, 3.05) is 39.8 Å². The molecule has 2 aromatic carbocycles. The molecule has 1 heterocycles. The zero-order valence-electron chi connectivity index (χ0n) is 15.0. The number of likely N-dealkylation sites (N-methyl/N-ethyl adjacent to an activating group) is 1. The summed E-state index contributed by atoms with van der Waals surface area (Å²) in [6.45, 7) is 3.96. The minimum absolute atomic E-state index is 0.259. The number of nitrogens with two attached hydrogens (primary N) is 1. The number of hydrogen-bond donors (Lipinski definition) is 2. The Bertz CT molecular complexity index is 607. The quantitative estimate of drug-likeness (QED) is 0.844. The van der Waals surface area contributed by atoms with Gasteiger partial charge in [-0.1, -0.05) is 60.7 Å². The van der Waals surface area contributed by atoms with E-state index in [0.29, 0.717) is 19.5 Å². The molecule has 1 saturated heterocycles. The summed E-state index contributed by atoms with van der Waals surface area (Å²) in [6.07, 6.45) is 0.228. The van der Waals surface area contributed by atoms with Crippen molar-refractivity contribution in [3.8, 4) is 0 Å². The maximum Gasteiger partial charge on any atom is 0.0845 e. The van der Waals surface area contributed by atoms with Crippen LogP contribution in [0.5, 0.6) is 0 Å². The predicted octanol–water partition coefficient (Wildman–Crippen LogP) is 1.89. The molecular weight excluding hydrogens is 310 g/mol. The standard InChI is InChI=1S/C21H29N3O/c1-23-14-15-24(16-20(25)12-13-22)21(17-23,18-8-4-2-5-9-18)19-10-6-3-7-11-19/h2-11,20,25H,12-17,22H2,1H3. The molecule has 1 unspecified atom stereocenters. The van der Waals surface area contributed by atoms with Crippen molar-refractivity contribution in [3.05, 3.63) is 71.8 Å². The van der Waals surface area contributed by atoms with Gasteiger partial charge >= 0.3 is 0 Å². The number of rotatable bonds is 6. The number of aliphatic hydroxyl groups excluding tert-OH is 1. The molecule has 1 atom stereocenters. The average Bonchev–Trinajstić information content (AvgIpc) is 2.65. The van der Waals surface area contributed by atoms with E-state index in [1.807, 2.05) is 0 Å². The van der Waals surface area contributed by atoms with Crippen molar-refractivity contribution in [2.45, 2.75) is 18.1 Å². The van der Waals surface area contributed by atoms with Gasteiger partial charge in [-0.05, 0) is 31.1 Å². The van der Waals surface area contributed by atoms with Crippen LogP contribution in [0, 0.1) is 0 Å². The molecule has 1 aliphatic heterocycles. The summed E-state index contributed by atoms with van der Waals surface area (Å²) < 4.78 is 0. The average molecular weight is 339 g/mol. The van der Waals surface area contributed by atoms with Crippen LogP contribution in [-0.2, 0) is 5.54 Å². The molecule has 3 N–H and O–H groups in total. The van der Waals surface area contributed by atoms with Crippen LogP contribution in [0.2, 0.25) is 0 Å². The highest BCUT2D eigenvalue weighted by Crippen LogP contribution is 2.39. The first-order chi connectivity index (χ1) is 12.2. The Morgan fingerprint density at radius 2 is 1.56 bits per heavy atom. The summed E-state index contributed by atoms with van der Waals surface area (Å²) in [6, 6.07) is 21.3. The van der Waals surface area contributed by atoms with Crippen LogP contribution in [0.1, 0.15) is 17.5 Å². The summed E-state index contributed by atoms with van der Waals surface area (Å²) in [7, 11) is 2.17. The third kappa shape index (κ3) is 3.77. The lowest BCUT2D eigenvalue weighted by atomic mass is 9.79. The van der Waals surface area contributed by atoms with Crippen LogP contribution in [0.25, 0.3) is 0 Å². The lowest BCUT2D eigenvalue weighted by Gasteiger charge is -2.51. The molecule has 0 radical (unpaired) electrons. The van der Waals surface area contributed by atoms with Gasteiger partial charge in [0.1, 0.15) is 0 Å². The first kappa shape index (κ1) is 18.1. The van der Waals surface area contributed by atoms with Gasteiger partial charge in [0.05, 0.1) is 11.6 Å². The molecule has 4 heteroatoms. The molecule has 25 heavy (non-hydrogen) atoms. The highest BCUT2D eigenvalue weighted by molar-refractivity contribution is 5.40. The molecular formula is C21H29N3O. The van der Waals surface area contributed by atoms with Crippen LogP contribution >= 0.6 is 0 Å². The van der Waals surface area contributed by atoms with Crippen molar-refractivity contribution in [1.29, 1.82) is 0 Å². The molecule has 134 valence electrons. The Hall–Kier alpha value is -1.72. The summed E-state index contributed by atoms with van der Waals surface area (Å²) in [4.78, 5) is 4.82. The predicted molar refractivity (Wildman–Crippen MR) is 102 cm³/mol. The first-order valence-electron chi connectivity index (χ1n) is 9.09. The molecule has 0 aromatic heterocycles. The highest BCUT2D eigenvalue weighted by atomic mass is 16.3. The fourth-order valence-electron chi connectivity index (χ4n) is 3.98. The minimum Gasteiger partial charge on any atom is -0.392 e. The van der Waals surface area contributed by atoms with E-state index in [4.69, 9.17) is 5.73 Å². The monoisotopic (exact) mass is 339 g/mol. The third-order valence-corrected chi connectivity index (χ3v) is 5.22. The van der Waals surface area contributed by atoms with Crippen LogP contribution in [0.15, 0.2) is 60.7 Å². The summed E-state index contributed by atoms with van der Waals surface area (Å²) in [5.74, 6) is 0. The van der Waals surface area contributed by atoms with Crippen molar-refractivity contribution < 1.29 is 5.11 Å². The van der Waals surface area contributed by atoms with Gasteiger partial charge in [-0.25, -0.2) is 0 Å². The van der Waals surface area contributed by atoms with Crippen molar-refractivity contribution in [1.82, 2.24) is 9.80 Å². The highest BCUT2D eigenvalue weighted by Gasteiger charge is 2.44. The number of hydrogen-bond acceptors (Lipinski definition) is 4. The molecule has 0 aliphatic carbocycles. The molecule has 0 amide bonds. The summed E-state index contributed by atoms with van der Waals surface area (Å²) in [5.41, 5.74) is 7.94. The molecule has 2 aromatic rings. The van der Waals surface area contributed by atoms with E-state index in [1.54, 1.807) is 0 Å². The van der Waals surface area contributed by atoms with Crippen molar-refractivity contribution in [3.63, 3.8) is 0 Å². The van der Waals surface area contributed by atoms with E-state index in [2.05, 4.69) is 77.5 Å². The Labute approximate surface area is 150 Å². The van der Waals surface area contributed by atoms with Gasteiger partial charge in [-0.3, -0.25) is 4.90 Å². The maximum absolute atomic E-state index is 10.5. The maximum atomic E-state index is 10.5. The lowest BCUT2D eigenvalue weighted by molar-refractivity contribution is -0.00399. The van der Waals surface area contributed by atoms with Crippen molar-refractivity contribution >= 4 is 0 Å². The second kappa shape index (κ2) is 8.11. The number of piperazine rings is 1. The Morgan fingerprint density at radius 3 is 2.08 bits per heavy atom. The molecule has 3 rings (SSSR count). The molecule has 4 nitrogen and oxygen atoms in total. The second-order valence-electron chi connectivity index (χ2n) is 7.01. The summed E-state index contributed by atoms with van der Waals surface area (Å²) in [5, 5.41) is 10.5. The fourth-order valence-corrected chi connectivity index (χ4v) is 3.98. The third-order valence-electron chi connectivity index (χ3n) is 5.22. The fraction of sp³-hybridized carbons (Fsp3) is 0.429. The van der Waals surface area contributed by atoms with Gasteiger partial charge in [-0.15, -0.1) is 0 Å². The van der Waals surface area contributed by atoms with E-state index in [9.17, 15) is 5.11 Å². The molecule has 0 saturated carbocycles. The number of nitrogens with zero attached hydrogens (tertiary/aromatic N) is 2. The molecule has 1 fully saturated rings. The minimum atomic E-state index is -0.403. The van der Waals surface area contributed by atoms with Gasteiger partial charge < -0.3 is 15.7 Å². The summed E-state index contributed by atoms with van der Waals surface area (Å²) >= 11 is 0. The first-order valence-corrected chi connectivity index (χ1v) is 9.09. The van der Waals surface area contributed by atoms with Crippen LogP contribution < -0.4 is 5.73 Å². The molecule has 0 bridgehead atoms. The SMILES string of the molecule is CN1CCN(CC(O)CCN)C(c2ccccc2)(c2ccccc2)C1. The number of β-amino-alcohol motifs (C(OH)–C–C–N with tert-alkyl or cyclic N) is 1. The van der Waals surface area contributed by atoms with Gasteiger partial charge in [-0.2, -0.15) is 0 Å². The van der Waals surface area contributed by atoms with E-state index < -0.39 is 6.10 Å². The van der Waals surface area contributed by atoms with E-state index in [1.165, 1.54) is 11.1 Å². The number of aliphatic hydroxyl groups is 1. The second-order valence-corrected chi connectivity index (χ2v) is 7.01. The van der Waals surface area contributed by atoms with Crippen molar-refractivity contribution in [2.24, 2.45) is 5.73 Å². The molecule has 0 spiro atoms. The lowest BCUT2D eigenvalue weighted by Crippen LogP contribution is -2.61. The molecule has 1 aliphatic rings. The van der Waals surface area contributed by atoms with Gasteiger partial charge in [0.2, 0.25) is 0 Å². The van der Waals surface area contributed by atoms with Gasteiger partial charge in [0.15, 0.2) is 0 Å². The smallest absolute Gasteiger partial charge is 0.0845 e. The van der Waals surface area contributed by atoms with Crippen LogP contribution in [-0.4, -0.2) is 60.8 Å². The van der Waals surface area contributed by atoms with E-state index in [-0.39, 0.29) is 5.54 Å². The van der Waals surface area contributed by atoms with E-state index in [0.717, 1.165) is 19.6 Å². The topological polar surface area (TPSA) is 52.7 Å². The van der Waals surface area contributed by atoms with Gasteiger partial charge in [0.25, 0.3) is 0 Å².